The van der Waals surface area contributed by atoms with Crippen LogP contribution in [0.2, 0.25) is 0 Å². The van der Waals surface area contributed by atoms with Crippen molar-refractivity contribution in [1.82, 2.24) is 0 Å². The van der Waals surface area contributed by atoms with Crippen LogP contribution in [0, 0.1) is 0 Å². The Bertz CT molecular complexity index is 907. The van der Waals surface area contributed by atoms with Gasteiger partial charge in [-0.3, -0.25) is 9.69 Å². The summed E-state index contributed by atoms with van der Waals surface area (Å²) >= 11 is 6.76. The van der Waals surface area contributed by atoms with E-state index in [2.05, 4.69) is 6.92 Å². The van der Waals surface area contributed by atoms with Crippen molar-refractivity contribution in [1.29, 1.82) is 0 Å². The van der Waals surface area contributed by atoms with Gasteiger partial charge in [-0.1, -0.05) is 75.1 Å². The average Bonchev–Trinajstić information content (AvgIpc) is 3.07. The third-order valence-corrected chi connectivity index (χ3v) is 6.37. The Morgan fingerprint density at radius 1 is 0.935 bits per heavy atom. The number of hydrogen-bond donors (Lipinski definition) is 0. The van der Waals surface area contributed by atoms with E-state index in [1.54, 1.807) is 12.0 Å². The van der Waals surface area contributed by atoms with Gasteiger partial charge in [0.2, 0.25) is 0 Å². The van der Waals surface area contributed by atoms with Crippen molar-refractivity contribution in [2.24, 2.45) is 0 Å². The Labute approximate surface area is 194 Å². The molecule has 0 unspecified atom stereocenters. The normalized spacial score (nSPS) is 15.0. The van der Waals surface area contributed by atoms with Gasteiger partial charge in [0.1, 0.15) is 11.5 Å². The molecule has 0 spiro atoms. The maximum atomic E-state index is 12.9. The van der Waals surface area contributed by atoms with Crippen LogP contribution < -0.4 is 14.4 Å². The highest BCUT2D eigenvalue weighted by Gasteiger charge is 2.33. The van der Waals surface area contributed by atoms with E-state index in [0.717, 1.165) is 35.8 Å². The molecular weight excluding hydrogens is 426 g/mol. The zero-order valence-electron chi connectivity index (χ0n) is 18.1. The van der Waals surface area contributed by atoms with Crippen LogP contribution in [0.1, 0.15) is 51.0 Å². The first-order chi connectivity index (χ1) is 15.1. The van der Waals surface area contributed by atoms with E-state index < -0.39 is 0 Å². The van der Waals surface area contributed by atoms with Crippen molar-refractivity contribution in [2.45, 2.75) is 45.4 Å². The van der Waals surface area contributed by atoms with E-state index >= 15 is 0 Å². The number of amides is 1. The standard InChI is InChI=1S/C25H29NO3S2/c1-3-4-5-6-7-8-17-29-22-13-9-19(10-14-22)18-23-24(27)26(25(30)31-23)20-11-15-21(28-2)16-12-20/h9-16,18H,3-8,17H2,1-2H3. The quantitative estimate of drug-likeness (QED) is 0.211. The largest absolute Gasteiger partial charge is 0.497 e. The molecule has 1 heterocycles. The first-order valence-electron chi connectivity index (χ1n) is 10.8. The minimum Gasteiger partial charge on any atom is -0.497 e. The molecule has 1 fully saturated rings. The first-order valence-corrected chi connectivity index (χ1v) is 12.0. The number of ether oxygens (including phenoxy) is 2. The van der Waals surface area contributed by atoms with E-state index in [4.69, 9.17) is 21.7 Å². The third-order valence-electron chi connectivity index (χ3n) is 5.07. The number of hydrogen-bond acceptors (Lipinski definition) is 5. The number of carbonyl (C=O) groups excluding carboxylic acids is 1. The summed E-state index contributed by atoms with van der Waals surface area (Å²) < 4.78 is 11.5. The lowest BCUT2D eigenvalue weighted by atomic mass is 10.1. The average molecular weight is 456 g/mol. The van der Waals surface area contributed by atoms with Gasteiger partial charge in [0, 0.05) is 0 Å². The number of methoxy groups -OCH3 is 1. The van der Waals surface area contributed by atoms with Crippen molar-refractivity contribution < 1.29 is 14.3 Å². The van der Waals surface area contributed by atoms with E-state index in [9.17, 15) is 4.79 Å². The van der Waals surface area contributed by atoms with Crippen molar-refractivity contribution in [2.75, 3.05) is 18.6 Å². The number of nitrogens with zero attached hydrogens (tertiary/aromatic N) is 1. The fourth-order valence-corrected chi connectivity index (χ4v) is 4.60. The van der Waals surface area contributed by atoms with Gasteiger partial charge in [0.05, 0.1) is 24.3 Å². The summed E-state index contributed by atoms with van der Waals surface area (Å²) in [5, 5.41) is 0. The van der Waals surface area contributed by atoms with Gasteiger partial charge < -0.3 is 9.47 Å². The molecular formula is C25H29NO3S2. The molecule has 0 aliphatic carbocycles. The van der Waals surface area contributed by atoms with Crippen LogP contribution in [-0.2, 0) is 4.79 Å². The van der Waals surface area contributed by atoms with Crippen molar-refractivity contribution >= 4 is 46.0 Å². The zero-order valence-corrected chi connectivity index (χ0v) is 19.8. The molecule has 0 N–H and O–H groups in total. The van der Waals surface area contributed by atoms with Crippen molar-refractivity contribution in [3.05, 3.63) is 59.0 Å². The number of thioether (sulfide) groups is 1. The molecule has 0 aromatic heterocycles. The SMILES string of the molecule is CCCCCCCCOc1ccc(C=C2SC(=S)N(c3ccc(OC)cc3)C2=O)cc1. The smallest absolute Gasteiger partial charge is 0.270 e. The van der Waals surface area contributed by atoms with Crippen LogP contribution in [0.25, 0.3) is 6.08 Å². The maximum absolute atomic E-state index is 12.9. The predicted molar refractivity (Wildman–Crippen MR) is 134 cm³/mol. The lowest BCUT2D eigenvalue weighted by Crippen LogP contribution is -2.27. The lowest BCUT2D eigenvalue weighted by molar-refractivity contribution is -0.113. The Hall–Kier alpha value is -2.31. The molecule has 1 amide bonds. The molecule has 0 radical (unpaired) electrons. The summed E-state index contributed by atoms with van der Waals surface area (Å²) in [4.78, 5) is 15.1. The van der Waals surface area contributed by atoms with Crippen molar-refractivity contribution in [3.63, 3.8) is 0 Å². The Balaban J connectivity index is 1.55. The van der Waals surface area contributed by atoms with Crippen LogP contribution in [0.5, 0.6) is 11.5 Å². The summed E-state index contributed by atoms with van der Waals surface area (Å²) in [6, 6.07) is 15.2. The number of rotatable bonds is 11. The van der Waals surface area contributed by atoms with E-state index in [1.165, 1.54) is 43.9 Å². The molecule has 0 bridgehead atoms. The van der Waals surface area contributed by atoms with Crippen LogP contribution in [-0.4, -0.2) is 23.9 Å². The van der Waals surface area contributed by atoms with Crippen LogP contribution in [0.15, 0.2) is 53.4 Å². The summed E-state index contributed by atoms with van der Waals surface area (Å²) in [6.07, 6.45) is 9.37. The molecule has 2 aromatic carbocycles. The van der Waals surface area contributed by atoms with Crippen LogP contribution in [0.3, 0.4) is 0 Å². The predicted octanol–water partition coefficient (Wildman–Crippen LogP) is 6.84. The second-order valence-electron chi connectivity index (χ2n) is 7.40. The second-order valence-corrected chi connectivity index (χ2v) is 9.08. The fraction of sp³-hybridized carbons (Fsp3) is 0.360. The molecule has 31 heavy (non-hydrogen) atoms. The highest BCUT2D eigenvalue weighted by molar-refractivity contribution is 8.27. The van der Waals surface area contributed by atoms with Gasteiger partial charge in [0.15, 0.2) is 4.32 Å². The molecule has 1 saturated heterocycles. The number of benzene rings is 2. The molecule has 6 heteroatoms. The highest BCUT2D eigenvalue weighted by atomic mass is 32.2. The summed E-state index contributed by atoms with van der Waals surface area (Å²) in [7, 11) is 1.61. The molecule has 2 aromatic rings. The lowest BCUT2D eigenvalue weighted by Gasteiger charge is -2.14. The molecule has 1 aliphatic heterocycles. The van der Waals surface area contributed by atoms with Gasteiger partial charge >= 0.3 is 0 Å². The highest BCUT2D eigenvalue weighted by Crippen LogP contribution is 2.36. The van der Waals surface area contributed by atoms with Gasteiger partial charge in [-0.25, -0.2) is 0 Å². The molecule has 0 saturated carbocycles. The Kier molecular flexibility index (Phi) is 8.98. The minimum absolute atomic E-state index is 0.108. The number of unbranched alkanes of at least 4 members (excludes halogenated alkanes) is 5. The molecule has 0 atom stereocenters. The van der Waals surface area contributed by atoms with Gasteiger partial charge in [0.25, 0.3) is 5.91 Å². The van der Waals surface area contributed by atoms with Crippen LogP contribution in [0.4, 0.5) is 5.69 Å². The topological polar surface area (TPSA) is 38.8 Å². The minimum atomic E-state index is -0.108. The number of anilines is 1. The van der Waals surface area contributed by atoms with E-state index in [1.807, 2.05) is 54.6 Å². The maximum Gasteiger partial charge on any atom is 0.270 e. The van der Waals surface area contributed by atoms with E-state index in [-0.39, 0.29) is 5.91 Å². The number of carbonyl (C=O) groups is 1. The van der Waals surface area contributed by atoms with Crippen molar-refractivity contribution in [3.8, 4) is 11.5 Å². The Morgan fingerprint density at radius 2 is 1.58 bits per heavy atom. The molecule has 164 valence electrons. The van der Waals surface area contributed by atoms with Gasteiger partial charge in [-0.2, -0.15) is 0 Å². The first kappa shape index (κ1) is 23.4. The van der Waals surface area contributed by atoms with Crippen LogP contribution >= 0.6 is 24.0 Å². The second kappa shape index (κ2) is 11.9. The monoisotopic (exact) mass is 455 g/mol. The summed E-state index contributed by atoms with van der Waals surface area (Å²) in [5.74, 6) is 1.49. The van der Waals surface area contributed by atoms with E-state index in [0.29, 0.717) is 9.23 Å². The van der Waals surface area contributed by atoms with Gasteiger partial charge in [-0.15, -0.1) is 0 Å². The number of thiocarbonyl (C=S) groups is 1. The summed E-state index contributed by atoms with van der Waals surface area (Å²) in [5.41, 5.74) is 1.69. The molecule has 4 nitrogen and oxygen atoms in total. The molecule has 1 aliphatic rings. The summed E-state index contributed by atoms with van der Waals surface area (Å²) in [6.45, 7) is 2.97. The van der Waals surface area contributed by atoms with Gasteiger partial charge in [-0.05, 0) is 54.5 Å². The zero-order chi connectivity index (χ0) is 22.1. The third kappa shape index (κ3) is 6.58. The Morgan fingerprint density at radius 3 is 2.26 bits per heavy atom. The fourth-order valence-electron chi connectivity index (χ4n) is 3.31. The molecule has 3 rings (SSSR count).